The van der Waals surface area contributed by atoms with E-state index in [0.29, 0.717) is 12.0 Å². The Bertz CT molecular complexity index is 546. The van der Waals surface area contributed by atoms with Crippen LogP contribution in [0.4, 0.5) is 5.13 Å². The van der Waals surface area contributed by atoms with Crippen LogP contribution in [-0.4, -0.2) is 56.9 Å². The Hall–Kier alpha value is -0.610. The van der Waals surface area contributed by atoms with Crippen molar-refractivity contribution in [3.63, 3.8) is 0 Å². The third kappa shape index (κ3) is 8.51. The molecule has 0 aromatic carbocycles. The van der Waals surface area contributed by atoms with Crippen LogP contribution in [0.15, 0.2) is 10.4 Å². The van der Waals surface area contributed by atoms with Crippen molar-refractivity contribution in [3.8, 4) is 0 Å². The minimum absolute atomic E-state index is 0. The largest absolute Gasteiger partial charge is 0.378 e. The molecule has 0 bridgehead atoms. The number of thiazole rings is 1. The predicted octanol–water partition coefficient (Wildman–Crippen LogP) is 3.52. The van der Waals surface area contributed by atoms with Crippen molar-refractivity contribution in [3.05, 3.63) is 11.1 Å². The van der Waals surface area contributed by atoms with Gasteiger partial charge in [-0.1, -0.05) is 13.8 Å². The van der Waals surface area contributed by atoms with Crippen LogP contribution in [0.25, 0.3) is 0 Å². The third-order valence-corrected chi connectivity index (χ3v) is 5.61. The van der Waals surface area contributed by atoms with E-state index in [2.05, 4.69) is 46.7 Å². The van der Waals surface area contributed by atoms with Gasteiger partial charge in [0.05, 0.1) is 11.8 Å². The average molecular weight is 510 g/mol. The Labute approximate surface area is 185 Å². The van der Waals surface area contributed by atoms with Crippen molar-refractivity contribution >= 4 is 46.4 Å². The van der Waals surface area contributed by atoms with E-state index in [1.54, 1.807) is 11.3 Å². The van der Waals surface area contributed by atoms with E-state index < -0.39 is 0 Å². The summed E-state index contributed by atoms with van der Waals surface area (Å²) in [4.78, 5) is 11.5. The summed E-state index contributed by atoms with van der Waals surface area (Å²) < 4.78 is 5.79. The van der Waals surface area contributed by atoms with Crippen LogP contribution in [-0.2, 0) is 11.2 Å². The molecule has 1 atom stereocenters. The van der Waals surface area contributed by atoms with Gasteiger partial charge in [0.1, 0.15) is 0 Å². The van der Waals surface area contributed by atoms with Crippen LogP contribution in [0.5, 0.6) is 0 Å². The summed E-state index contributed by atoms with van der Waals surface area (Å²) in [5.74, 6) is 1.38. The molecule has 1 unspecified atom stereocenters. The predicted molar refractivity (Wildman–Crippen MR) is 127 cm³/mol. The summed E-state index contributed by atoms with van der Waals surface area (Å²) in [5.41, 5.74) is 1.16. The Kier molecular flexibility index (Phi) is 12.3. The van der Waals surface area contributed by atoms with E-state index in [-0.39, 0.29) is 24.0 Å². The molecule has 6 nitrogen and oxygen atoms in total. The Morgan fingerprint density at radius 2 is 2.00 bits per heavy atom. The van der Waals surface area contributed by atoms with Crippen LogP contribution in [0.2, 0.25) is 0 Å². The standard InChI is InChI=1S/C19H35N5OS.HI/c1-5-25-17(15(2)3)9-11-22-18(20-4)21-10-8-16-14-26-19(23-16)24-12-6-7-13-24;/h14-15,17H,5-13H2,1-4H3,(H2,20,21,22);1H. The zero-order valence-electron chi connectivity index (χ0n) is 17.2. The SMILES string of the molecule is CCOC(CCNC(=NC)NCCc1csc(N2CCCC2)n1)C(C)C.I. The first kappa shape index (κ1) is 24.4. The van der Waals surface area contributed by atoms with Gasteiger partial charge in [0.2, 0.25) is 0 Å². The molecule has 27 heavy (non-hydrogen) atoms. The van der Waals surface area contributed by atoms with Gasteiger partial charge in [-0.25, -0.2) is 4.98 Å². The van der Waals surface area contributed by atoms with E-state index in [1.165, 1.54) is 18.0 Å². The number of aliphatic imine (C=N–C) groups is 1. The molecule has 0 amide bonds. The number of rotatable bonds is 10. The number of ether oxygens (including phenoxy) is 1. The van der Waals surface area contributed by atoms with Crippen LogP contribution in [0, 0.1) is 5.92 Å². The molecule has 1 aliphatic rings. The van der Waals surface area contributed by atoms with Crippen molar-refractivity contribution in [1.29, 1.82) is 0 Å². The molecular formula is C19H36IN5OS. The molecule has 1 aliphatic heterocycles. The maximum atomic E-state index is 5.79. The van der Waals surface area contributed by atoms with Gasteiger partial charge in [0, 0.05) is 51.6 Å². The second kappa shape index (κ2) is 13.5. The van der Waals surface area contributed by atoms with E-state index in [4.69, 9.17) is 9.72 Å². The Balaban J connectivity index is 0.00000364. The maximum Gasteiger partial charge on any atom is 0.190 e. The van der Waals surface area contributed by atoms with Crippen LogP contribution < -0.4 is 15.5 Å². The summed E-state index contributed by atoms with van der Waals surface area (Å²) in [6, 6.07) is 0. The second-order valence-electron chi connectivity index (χ2n) is 7.02. The number of anilines is 1. The summed E-state index contributed by atoms with van der Waals surface area (Å²) in [6.07, 6.45) is 4.78. The minimum atomic E-state index is 0. The molecule has 2 rings (SSSR count). The van der Waals surface area contributed by atoms with Gasteiger partial charge in [0.25, 0.3) is 0 Å². The number of nitrogens with one attached hydrogen (secondary N) is 2. The van der Waals surface area contributed by atoms with Gasteiger partial charge in [-0.2, -0.15) is 0 Å². The van der Waals surface area contributed by atoms with Crippen molar-refractivity contribution in [2.45, 2.75) is 52.6 Å². The van der Waals surface area contributed by atoms with Gasteiger partial charge < -0.3 is 20.3 Å². The Morgan fingerprint density at radius 1 is 1.30 bits per heavy atom. The lowest BCUT2D eigenvalue weighted by Crippen LogP contribution is -2.40. The van der Waals surface area contributed by atoms with Gasteiger partial charge in [0.15, 0.2) is 11.1 Å². The summed E-state index contributed by atoms with van der Waals surface area (Å²) in [7, 11) is 1.81. The number of hydrogen-bond donors (Lipinski definition) is 2. The molecule has 8 heteroatoms. The smallest absolute Gasteiger partial charge is 0.190 e. The maximum absolute atomic E-state index is 5.79. The van der Waals surface area contributed by atoms with Crippen molar-refractivity contribution in [1.82, 2.24) is 15.6 Å². The quantitative estimate of drug-likeness (QED) is 0.287. The fraction of sp³-hybridized carbons (Fsp3) is 0.789. The fourth-order valence-electron chi connectivity index (χ4n) is 3.15. The minimum Gasteiger partial charge on any atom is -0.378 e. The highest BCUT2D eigenvalue weighted by Crippen LogP contribution is 2.24. The van der Waals surface area contributed by atoms with E-state index in [9.17, 15) is 0 Å². The van der Waals surface area contributed by atoms with E-state index in [1.807, 2.05) is 7.05 Å². The van der Waals surface area contributed by atoms with Gasteiger partial charge in [-0.3, -0.25) is 4.99 Å². The molecular weight excluding hydrogens is 473 g/mol. The number of halogens is 1. The van der Waals surface area contributed by atoms with Crippen molar-refractivity contribution in [2.75, 3.05) is 44.7 Å². The van der Waals surface area contributed by atoms with Crippen molar-refractivity contribution in [2.24, 2.45) is 10.9 Å². The van der Waals surface area contributed by atoms with E-state index in [0.717, 1.165) is 57.3 Å². The molecule has 0 aliphatic carbocycles. The molecule has 2 N–H and O–H groups in total. The lowest BCUT2D eigenvalue weighted by Gasteiger charge is -2.21. The van der Waals surface area contributed by atoms with E-state index >= 15 is 0 Å². The number of hydrogen-bond acceptors (Lipinski definition) is 5. The number of aromatic nitrogens is 1. The number of nitrogens with zero attached hydrogens (tertiary/aromatic N) is 3. The third-order valence-electron chi connectivity index (χ3n) is 4.66. The fourth-order valence-corrected chi connectivity index (χ4v) is 4.06. The molecule has 0 spiro atoms. The monoisotopic (exact) mass is 509 g/mol. The molecule has 0 radical (unpaired) electrons. The zero-order chi connectivity index (χ0) is 18.8. The second-order valence-corrected chi connectivity index (χ2v) is 7.85. The highest BCUT2D eigenvalue weighted by atomic mass is 127. The molecule has 2 heterocycles. The summed E-state index contributed by atoms with van der Waals surface area (Å²) in [6.45, 7) is 11.2. The molecule has 1 saturated heterocycles. The average Bonchev–Trinajstić information content (AvgIpc) is 3.30. The van der Waals surface area contributed by atoms with Crippen LogP contribution in [0.3, 0.4) is 0 Å². The normalized spacial score (nSPS) is 15.7. The number of guanidine groups is 1. The zero-order valence-corrected chi connectivity index (χ0v) is 20.3. The molecule has 1 aromatic rings. The molecule has 1 fully saturated rings. The first-order chi connectivity index (χ1) is 12.6. The molecule has 1 aromatic heterocycles. The molecule has 0 saturated carbocycles. The molecule has 156 valence electrons. The van der Waals surface area contributed by atoms with Crippen molar-refractivity contribution < 1.29 is 4.74 Å². The first-order valence-corrected chi connectivity index (χ1v) is 10.8. The summed E-state index contributed by atoms with van der Waals surface area (Å²) >= 11 is 1.76. The Morgan fingerprint density at radius 3 is 2.63 bits per heavy atom. The van der Waals surface area contributed by atoms with Crippen LogP contribution in [0.1, 0.15) is 45.7 Å². The van der Waals surface area contributed by atoms with Gasteiger partial charge in [-0.15, -0.1) is 35.3 Å². The summed E-state index contributed by atoms with van der Waals surface area (Å²) in [5, 5.41) is 10.1. The van der Waals surface area contributed by atoms with Crippen LogP contribution >= 0.6 is 35.3 Å². The first-order valence-electron chi connectivity index (χ1n) is 9.89. The highest BCUT2D eigenvalue weighted by Gasteiger charge is 2.15. The topological polar surface area (TPSA) is 61.8 Å². The van der Waals surface area contributed by atoms with Gasteiger partial charge >= 0.3 is 0 Å². The highest BCUT2D eigenvalue weighted by molar-refractivity contribution is 14.0. The van der Waals surface area contributed by atoms with Gasteiger partial charge in [-0.05, 0) is 32.1 Å². The lowest BCUT2D eigenvalue weighted by atomic mass is 10.0. The lowest BCUT2D eigenvalue weighted by molar-refractivity contribution is 0.0258.